The van der Waals surface area contributed by atoms with Gasteiger partial charge in [-0.25, -0.2) is 0 Å². The van der Waals surface area contributed by atoms with Crippen LogP contribution in [0.15, 0.2) is 24.3 Å². The highest BCUT2D eigenvalue weighted by Gasteiger charge is 2.06. The van der Waals surface area contributed by atoms with Crippen molar-refractivity contribution in [2.75, 3.05) is 11.5 Å². The summed E-state index contributed by atoms with van der Waals surface area (Å²) in [6, 6.07) is 9.02. The Hall–Kier alpha value is -0.510. The lowest BCUT2D eigenvalue weighted by Crippen LogP contribution is -2.38. The predicted molar refractivity (Wildman–Crippen MR) is 69.0 cm³/mol. The Kier molecular flexibility index (Phi) is 5.76. The van der Waals surface area contributed by atoms with Gasteiger partial charge in [-0.3, -0.25) is 11.3 Å². The Morgan fingerprint density at radius 2 is 2.00 bits per heavy atom. The van der Waals surface area contributed by atoms with Crippen molar-refractivity contribution in [2.45, 2.75) is 26.3 Å². The van der Waals surface area contributed by atoms with Crippen LogP contribution in [-0.4, -0.2) is 17.5 Å². The molecule has 2 nitrogen and oxygen atoms in total. The van der Waals surface area contributed by atoms with E-state index in [1.807, 2.05) is 11.8 Å². The highest BCUT2D eigenvalue weighted by Crippen LogP contribution is 2.09. The van der Waals surface area contributed by atoms with Gasteiger partial charge in [-0.2, -0.15) is 11.8 Å². The fourth-order valence-corrected chi connectivity index (χ4v) is 2.17. The molecule has 0 heterocycles. The number of rotatable bonds is 6. The van der Waals surface area contributed by atoms with Crippen LogP contribution in [0.25, 0.3) is 0 Å². The molecule has 0 radical (unpaired) electrons. The molecule has 84 valence electrons. The summed E-state index contributed by atoms with van der Waals surface area (Å²) in [6.07, 6.45) is 1.00. The summed E-state index contributed by atoms with van der Waals surface area (Å²) in [6.45, 7) is 4.28. The van der Waals surface area contributed by atoms with Crippen LogP contribution < -0.4 is 11.3 Å². The number of nitrogens with one attached hydrogen (secondary N) is 1. The van der Waals surface area contributed by atoms with Crippen molar-refractivity contribution in [3.63, 3.8) is 0 Å². The average molecular weight is 224 g/mol. The number of hydrogen-bond donors (Lipinski definition) is 2. The van der Waals surface area contributed by atoms with Crippen LogP contribution in [0.3, 0.4) is 0 Å². The van der Waals surface area contributed by atoms with Crippen molar-refractivity contribution in [3.05, 3.63) is 35.4 Å². The Bertz CT molecular complexity index is 271. The minimum atomic E-state index is 0.373. The molecule has 0 aromatic heterocycles. The Balaban J connectivity index is 2.47. The molecule has 0 saturated carbocycles. The zero-order valence-electron chi connectivity index (χ0n) is 9.49. The zero-order valence-corrected chi connectivity index (χ0v) is 10.3. The third-order valence-electron chi connectivity index (χ3n) is 2.36. The molecule has 3 heteroatoms. The van der Waals surface area contributed by atoms with Gasteiger partial charge in [0, 0.05) is 11.8 Å². The maximum Gasteiger partial charge on any atom is 0.0341 e. The minimum absolute atomic E-state index is 0.373. The van der Waals surface area contributed by atoms with E-state index in [1.165, 1.54) is 11.1 Å². The maximum atomic E-state index is 5.53. The van der Waals surface area contributed by atoms with Crippen molar-refractivity contribution in [1.82, 2.24) is 5.43 Å². The SMILES string of the molecule is CCSCC(Cc1ccc(C)cc1)NN. The summed E-state index contributed by atoms with van der Waals surface area (Å²) in [5, 5.41) is 0. The first kappa shape index (κ1) is 12.6. The van der Waals surface area contributed by atoms with Gasteiger partial charge in [-0.15, -0.1) is 0 Å². The first-order valence-corrected chi connectivity index (χ1v) is 6.51. The molecule has 1 atom stereocenters. The fourth-order valence-electron chi connectivity index (χ4n) is 1.43. The molecule has 1 rings (SSSR count). The second-order valence-electron chi connectivity index (χ2n) is 3.71. The van der Waals surface area contributed by atoms with Crippen LogP contribution >= 0.6 is 11.8 Å². The van der Waals surface area contributed by atoms with Gasteiger partial charge >= 0.3 is 0 Å². The Morgan fingerprint density at radius 3 is 2.53 bits per heavy atom. The van der Waals surface area contributed by atoms with Crippen LogP contribution in [-0.2, 0) is 6.42 Å². The normalized spacial score (nSPS) is 12.7. The lowest BCUT2D eigenvalue weighted by atomic mass is 10.1. The topological polar surface area (TPSA) is 38.0 Å². The van der Waals surface area contributed by atoms with Gasteiger partial charge in [0.05, 0.1) is 0 Å². The van der Waals surface area contributed by atoms with Gasteiger partial charge in [-0.1, -0.05) is 36.8 Å². The first-order chi connectivity index (χ1) is 7.26. The number of nitrogens with two attached hydrogens (primary N) is 1. The molecule has 1 unspecified atom stereocenters. The minimum Gasteiger partial charge on any atom is -0.271 e. The molecule has 15 heavy (non-hydrogen) atoms. The van der Waals surface area contributed by atoms with E-state index in [-0.39, 0.29) is 0 Å². The molecule has 0 bridgehead atoms. The molecule has 1 aromatic carbocycles. The van der Waals surface area contributed by atoms with E-state index in [9.17, 15) is 0 Å². The molecule has 0 aliphatic heterocycles. The van der Waals surface area contributed by atoms with E-state index in [4.69, 9.17) is 5.84 Å². The quantitative estimate of drug-likeness (QED) is 0.574. The van der Waals surface area contributed by atoms with Crippen LogP contribution in [0, 0.1) is 6.92 Å². The summed E-state index contributed by atoms with van der Waals surface area (Å²) in [4.78, 5) is 0. The van der Waals surface area contributed by atoms with E-state index in [0.717, 1.165) is 17.9 Å². The molecular weight excluding hydrogens is 204 g/mol. The summed E-state index contributed by atoms with van der Waals surface area (Å²) >= 11 is 1.92. The van der Waals surface area contributed by atoms with E-state index < -0.39 is 0 Å². The predicted octanol–water partition coefficient (Wildman–Crippen LogP) is 2.12. The second kappa shape index (κ2) is 6.88. The van der Waals surface area contributed by atoms with E-state index >= 15 is 0 Å². The van der Waals surface area contributed by atoms with E-state index in [1.54, 1.807) is 0 Å². The van der Waals surface area contributed by atoms with Crippen molar-refractivity contribution >= 4 is 11.8 Å². The molecule has 3 N–H and O–H groups in total. The lowest BCUT2D eigenvalue weighted by Gasteiger charge is -2.15. The lowest BCUT2D eigenvalue weighted by molar-refractivity contribution is 0.575. The Labute approximate surface area is 96.6 Å². The standard InChI is InChI=1S/C12H20N2S/c1-3-15-9-12(14-13)8-11-6-4-10(2)5-7-11/h4-7,12,14H,3,8-9,13H2,1-2H3. The molecule has 0 aliphatic rings. The smallest absolute Gasteiger partial charge is 0.0341 e. The molecular formula is C12H20N2S. The van der Waals surface area contributed by atoms with E-state index in [2.05, 4.69) is 43.5 Å². The molecule has 0 amide bonds. The second-order valence-corrected chi connectivity index (χ2v) is 5.03. The monoisotopic (exact) mass is 224 g/mol. The summed E-state index contributed by atoms with van der Waals surface area (Å²) < 4.78 is 0. The van der Waals surface area contributed by atoms with Gasteiger partial charge in [0.2, 0.25) is 0 Å². The highest BCUT2D eigenvalue weighted by atomic mass is 32.2. The van der Waals surface area contributed by atoms with Crippen molar-refractivity contribution in [1.29, 1.82) is 0 Å². The van der Waals surface area contributed by atoms with Crippen molar-refractivity contribution < 1.29 is 0 Å². The molecule has 1 aromatic rings. The number of benzene rings is 1. The summed E-state index contributed by atoms with van der Waals surface area (Å²) in [5.74, 6) is 7.74. The van der Waals surface area contributed by atoms with Crippen molar-refractivity contribution in [3.8, 4) is 0 Å². The third-order valence-corrected chi connectivity index (χ3v) is 3.41. The number of aryl methyl sites for hydroxylation is 1. The number of hydrazine groups is 1. The largest absolute Gasteiger partial charge is 0.271 e. The van der Waals surface area contributed by atoms with Gasteiger partial charge in [-0.05, 0) is 24.7 Å². The van der Waals surface area contributed by atoms with E-state index in [0.29, 0.717) is 6.04 Å². The van der Waals surface area contributed by atoms with Crippen molar-refractivity contribution in [2.24, 2.45) is 5.84 Å². The zero-order chi connectivity index (χ0) is 11.1. The molecule has 0 fully saturated rings. The van der Waals surface area contributed by atoms with Crippen LogP contribution in [0.5, 0.6) is 0 Å². The van der Waals surface area contributed by atoms with Gasteiger partial charge < -0.3 is 0 Å². The van der Waals surface area contributed by atoms with Gasteiger partial charge in [0.1, 0.15) is 0 Å². The Morgan fingerprint density at radius 1 is 1.33 bits per heavy atom. The molecule has 0 spiro atoms. The third kappa shape index (κ3) is 4.69. The average Bonchev–Trinajstić information content (AvgIpc) is 2.27. The van der Waals surface area contributed by atoms with Crippen LogP contribution in [0.1, 0.15) is 18.1 Å². The summed E-state index contributed by atoms with van der Waals surface area (Å²) in [7, 11) is 0. The van der Waals surface area contributed by atoms with Crippen LogP contribution in [0.2, 0.25) is 0 Å². The van der Waals surface area contributed by atoms with Gasteiger partial charge in [0.25, 0.3) is 0 Å². The maximum absolute atomic E-state index is 5.53. The van der Waals surface area contributed by atoms with Gasteiger partial charge in [0.15, 0.2) is 0 Å². The molecule has 0 saturated heterocycles. The fraction of sp³-hybridized carbons (Fsp3) is 0.500. The first-order valence-electron chi connectivity index (χ1n) is 5.35. The highest BCUT2D eigenvalue weighted by molar-refractivity contribution is 7.99. The van der Waals surface area contributed by atoms with Crippen LogP contribution in [0.4, 0.5) is 0 Å². The number of thioether (sulfide) groups is 1. The summed E-state index contributed by atoms with van der Waals surface area (Å²) in [5.41, 5.74) is 5.53. The molecule has 0 aliphatic carbocycles. The number of hydrogen-bond acceptors (Lipinski definition) is 3.